The standard InChI is InChI=1S/C11H10BrN3O2/c1-15-8(5-9(16)17)10(12)14-11(15)7-3-2-4-13-6-7/h2-4,6H,5H2,1H3,(H,16,17). The van der Waals surface area contributed by atoms with Gasteiger partial charge in [-0.05, 0) is 28.1 Å². The summed E-state index contributed by atoms with van der Waals surface area (Å²) < 4.78 is 2.32. The van der Waals surface area contributed by atoms with Gasteiger partial charge in [-0.3, -0.25) is 9.78 Å². The van der Waals surface area contributed by atoms with Crippen molar-refractivity contribution in [1.29, 1.82) is 0 Å². The maximum Gasteiger partial charge on any atom is 0.309 e. The van der Waals surface area contributed by atoms with Crippen molar-refractivity contribution in [3.05, 3.63) is 34.8 Å². The van der Waals surface area contributed by atoms with Gasteiger partial charge in [0.05, 0.1) is 12.1 Å². The molecule has 17 heavy (non-hydrogen) atoms. The number of aromatic nitrogens is 3. The molecule has 0 spiro atoms. The third-order valence-corrected chi connectivity index (χ3v) is 3.04. The lowest BCUT2D eigenvalue weighted by Crippen LogP contribution is -2.06. The molecular weight excluding hydrogens is 286 g/mol. The van der Waals surface area contributed by atoms with Crippen molar-refractivity contribution in [2.24, 2.45) is 7.05 Å². The van der Waals surface area contributed by atoms with E-state index >= 15 is 0 Å². The minimum Gasteiger partial charge on any atom is -0.481 e. The van der Waals surface area contributed by atoms with Crippen molar-refractivity contribution in [1.82, 2.24) is 14.5 Å². The highest BCUT2D eigenvalue weighted by atomic mass is 79.9. The molecule has 0 aromatic carbocycles. The van der Waals surface area contributed by atoms with Crippen molar-refractivity contribution < 1.29 is 9.90 Å². The minimum absolute atomic E-state index is 0.0651. The van der Waals surface area contributed by atoms with Crippen molar-refractivity contribution >= 4 is 21.9 Å². The molecule has 2 aromatic heterocycles. The Bertz CT molecular complexity index is 551. The Hall–Kier alpha value is -1.69. The van der Waals surface area contributed by atoms with Crippen molar-refractivity contribution in [3.63, 3.8) is 0 Å². The van der Waals surface area contributed by atoms with Crippen LogP contribution in [0.2, 0.25) is 0 Å². The Balaban J connectivity index is 2.48. The van der Waals surface area contributed by atoms with Crippen LogP contribution in [0.15, 0.2) is 29.1 Å². The highest BCUT2D eigenvalue weighted by Crippen LogP contribution is 2.24. The minimum atomic E-state index is -0.883. The third kappa shape index (κ3) is 2.36. The zero-order valence-electron chi connectivity index (χ0n) is 9.09. The molecule has 1 N–H and O–H groups in total. The fourth-order valence-electron chi connectivity index (χ4n) is 1.59. The molecule has 0 radical (unpaired) electrons. The Kier molecular flexibility index (Phi) is 3.23. The lowest BCUT2D eigenvalue weighted by atomic mass is 10.2. The molecule has 0 amide bonds. The number of rotatable bonds is 3. The summed E-state index contributed by atoms with van der Waals surface area (Å²) in [5.41, 5.74) is 1.49. The van der Waals surface area contributed by atoms with E-state index in [-0.39, 0.29) is 6.42 Å². The molecule has 0 bridgehead atoms. The van der Waals surface area contributed by atoms with E-state index in [0.29, 0.717) is 16.1 Å². The van der Waals surface area contributed by atoms with Gasteiger partial charge in [0.25, 0.3) is 0 Å². The second-order valence-electron chi connectivity index (χ2n) is 3.54. The van der Waals surface area contributed by atoms with Crippen molar-refractivity contribution in [2.75, 3.05) is 0 Å². The van der Waals surface area contributed by atoms with Crippen LogP contribution in [-0.2, 0) is 18.3 Å². The van der Waals surface area contributed by atoms with E-state index in [1.165, 1.54) is 0 Å². The molecule has 0 aliphatic heterocycles. The number of nitrogens with zero attached hydrogens (tertiary/aromatic N) is 3. The number of carbonyl (C=O) groups is 1. The summed E-state index contributed by atoms with van der Waals surface area (Å²) in [5.74, 6) is -0.187. The Labute approximate surface area is 106 Å². The van der Waals surface area contributed by atoms with Gasteiger partial charge in [0, 0.05) is 25.0 Å². The van der Waals surface area contributed by atoms with E-state index in [1.54, 1.807) is 24.0 Å². The van der Waals surface area contributed by atoms with Gasteiger partial charge in [-0.25, -0.2) is 4.98 Å². The van der Waals surface area contributed by atoms with Crippen LogP contribution in [-0.4, -0.2) is 25.6 Å². The largest absolute Gasteiger partial charge is 0.481 e. The van der Waals surface area contributed by atoms with Gasteiger partial charge in [-0.2, -0.15) is 0 Å². The molecule has 2 rings (SSSR count). The number of imidazole rings is 1. The number of hydrogen-bond donors (Lipinski definition) is 1. The topological polar surface area (TPSA) is 68.0 Å². The van der Waals surface area contributed by atoms with E-state index in [9.17, 15) is 4.79 Å². The summed E-state index contributed by atoms with van der Waals surface area (Å²) in [6.07, 6.45) is 3.31. The molecule has 0 aliphatic rings. The molecular formula is C11H10BrN3O2. The van der Waals surface area contributed by atoms with Crippen LogP contribution in [0.5, 0.6) is 0 Å². The first kappa shape index (κ1) is 11.8. The first-order chi connectivity index (χ1) is 8.09. The zero-order valence-corrected chi connectivity index (χ0v) is 10.7. The van der Waals surface area contributed by atoms with E-state index in [4.69, 9.17) is 5.11 Å². The van der Waals surface area contributed by atoms with E-state index in [1.807, 2.05) is 12.1 Å². The predicted octanol–water partition coefficient (Wildman–Crippen LogP) is 1.87. The fourth-order valence-corrected chi connectivity index (χ4v) is 2.16. The molecule has 2 aromatic rings. The number of aliphatic carboxylic acids is 1. The van der Waals surface area contributed by atoms with Crippen LogP contribution in [0.4, 0.5) is 0 Å². The molecule has 0 unspecified atom stereocenters. The van der Waals surface area contributed by atoms with Crippen molar-refractivity contribution in [2.45, 2.75) is 6.42 Å². The van der Waals surface area contributed by atoms with Crippen LogP contribution >= 0.6 is 15.9 Å². The fraction of sp³-hybridized carbons (Fsp3) is 0.182. The monoisotopic (exact) mass is 295 g/mol. The van der Waals surface area contributed by atoms with Crippen molar-refractivity contribution in [3.8, 4) is 11.4 Å². The lowest BCUT2D eigenvalue weighted by Gasteiger charge is -2.03. The summed E-state index contributed by atoms with van der Waals surface area (Å²) in [4.78, 5) is 19.1. The van der Waals surface area contributed by atoms with Gasteiger partial charge in [0.1, 0.15) is 10.4 Å². The molecule has 0 fully saturated rings. The van der Waals surface area contributed by atoms with E-state index in [2.05, 4.69) is 25.9 Å². The molecule has 0 saturated carbocycles. The Morgan fingerprint density at radius 2 is 2.35 bits per heavy atom. The van der Waals surface area contributed by atoms with Gasteiger partial charge in [0.2, 0.25) is 0 Å². The smallest absolute Gasteiger partial charge is 0.309 e. The third-order valence-electron chi connectivity index (χ3n) is 2.40. The van der Waals surface area contributed by atoms with Crippen LogP contribution in [0.25, 0.3) is 11.4 Å². The molecule has 6 heteroatoms. The van der Waals surface area contributed by atoms with Gasteiger partial charge in [-0.1, -0.05) is 0 Å². The highest BCUT2D eigenvalue weighted by Gasteiger charge is 2.16. The maximum absolute atomic E-state index is 10.7. The number of hydrogen-bond acceptors (Lipinski definition) is 3. The second kappa shape index (κ2) is 4.67. The lowest BCUT2D eigenvalue weighted by molar-refractivity contribution is -0.136. The summed E-state index contributed by atoms with van der Waals surface area (Å²) in [6.45, 7) is 0. The van der Waals surface area contributed by atoms with E-state index in [0.717, 1.165) is 5.56 Å². The van der Waals surface area contributed by atoms with Crippen LogP contribution in [0, 0.1) is 0 Å². The van der Waals surface area contributed by atoms with Crippen LogP contribution in [0.3, 0.4) is 0 Å². The van der Waals surface area contributed by atoms with Gasteiger partial charge < -0.3 is 9.67 Å². The van der Waals surface area contributed by atoms with Crippen LogP contribution in [0.1, 0.15) is 5.69 Å². The normalized spacial score (nSPS) is 10.5. The Morgan fingerprint density at radius 1 is 1.59 bits per heavy atom. The highest BCUT2D eigenvalue weighted by molar-refractivity contribution is 9.10. The van der Waals surface area contributed by atoms with Gasteiger partial charge in [-0.15, -0.1) is 0 Å². The second-order valence-corrected chi connectivity index (χ2v) is 4.30. The molecule has 0 saturated heterocycles. The molecule has 88 valence electrons. The number of halogens is 1. The number of pyridine rings is 1. The maximum atomic E-state index is 10.7. The average molecular weight is 296 g/mol. The summed E-state index contributed by atoms with van der Waals surface area (Å²) >= 11 is 3.28. The number of carboxylic acid groups (broad SMARTS) is 1. The van der Waals surface area contributed by atoms with E-state index < -0.39 is 5.97 Å². The van der Waals surface area contributed by atoms with Crippen LogP contribution < -0.4 is 0 Å². The summed E-state index contributed by atoms with van der Waals surface area (Å²) in [6, 6.07) is 3.70. The quantitative estimate of drug-likeness (QED) is 0.939. The number of carboxylic acids is 1. The average Bonchev–Trinajstić information content (AvgIpc) is 2.58. The molecule has 2 heterocycles. The first-order valence-corrected chi connectivity index (χ1v) is 5.72. The first-order valence-electron chi connectivity index (χ1n) is 4.93. The predicted molar refractivity (Wildman–Crippen MR) is 65.5 cm³/mol. The van der Waals surface area contributed by atoms with Gasteiger partial charge >= 0.3 is 5.97 Å². The molecule has 5 nitrogen and oxygen atoms in total. The SMILES string of the molecule is Cn1c(-c2cccnc2)nc(Br)c1CC(=O)O. The summed E-state index contributed by atoms with van der Waals surface area (Å²) in [5, 5.41) is 8.82. The zero-order chi connectivity index (χ0) is 12.4. The Morgan fingerprint density at radius 3 is 2.94 bits per heavy atom. The summed E-state index contributed by atoms with van der Waals surface area (Å²) in [7, 11) is 1.79. The molecule has 0 atom stereocenters. The molecule has 0 aliphatic carbocycles. The van der Waals surface area contributed by atoms with Gasteiger partial charge in [0.15, 0.2) is 0 Å².